The van der Waals surface area contributed by atoms with E-state index in [-0.39, 0.29) is 0 Å². The zero-order valence-electron chi connectivity index (χ0n) is 14.8. The van der Waals surface area contributed by atoms with E-state index >= 15 is 0 Å². The molecule has 13 nitrogen and oxygen atoms in total. The van der Waals surface area contributed by atoms with E-state index in [0.29, 0.717) is 0 Å². The lowest BCUT2D eigenvalue weighted by atomic mass is 9.97. The van der Waals surface area contributed by atoms with Crippen molar-refractivity contribution in [3.63, 3.8) is 0 Å². The molecule has 0 amide bonds. The molecule has 0 unspecified atom stereocenters. The largest absolute Gasteiger partial charge is 0.394 e. The van der Waals surface area contributed by atoms with Gasteiger partial charge in [-0.15, -0.1) is 0 Å². The van der Waals surface area contributed by atoms with E-state index in [4.69, 9.17) is 29.2 Å². The minimum atomic E-state index is -1.78. The van der Waals surface area contributed by atoms with Crippen LogP contribution in [-0.2, 0) is 18.9 Å². The first kappa shape index (κ1) is 23.8. The van der Waals surface area contributed by atoms with Gasteiger partial charge in [0.15, 0.2) is 12.6 Å². The molecule has 9 N–H and O–H groups in total. The van der Waals surface area contributed by atoms with Gasteiger partial charge in [-0.2, -0.15) is 0 Å². The van der Waals surface area contributed by atoms with Crippen LogP contribution in [0, 0.1) is 0 Å². The zero-order chi connectivity index (χ0) is 21.0. The van der Waals surface area contributed by atoms with Gasteiger partial charge < -0.3 is 64.9 Å². The Morgan fingerprint density at radius 1 is 0.643 bits per heavy atom. The lowest BCUT2D eigenvalue weighted by molar-refractivity contribution is -0.364. The molecule has 13 heteroatoms. The van der Waals surface area contributed by atoms with Crippen LogP contribution < -0.4 is 0 Å². The Balaban J connectivity index is 2.16. The molecule has 0 spiro atoms. The molecule has 0 aromatic heterocycles. The molecule has 0 aromatic rings. The highest BCUT2D eigenvalue weighted by Gasteiger charge is 2.51. The molecule has 0 aromatic carbocycles. The van der Waals surface area contributed by atoms with Crippen LogP contribution in [0.3, 0.4) is 0 Å². The van der Waals surface area contributed by atoms with Crippen molar-refractivity contribution in [3.8, 4) is 0 Å². The van der Waals surface area contributed by atoms with Gasteiger partial charge in [-0.3, -0.25) is 0 Å². The summed E-state index contributed by atoms with van der Waals surface area (Å²) >= 11 is 0. The molecule has 2 saturated heterocycles. The first-order valence-corrected chi connectivity index (χ1v) is 8.74. The van der Waals surface area contributed by atoms with Crippen molar-refractivity contribution in [2.75, 3.05) is 26.4 Å². The third-order valence-corrected chi connectivity index (χ3v) is 4.70. The molecule has 0 saturated carbocycles. The molecule has 28 heavy (non-hydrogen) atoms. The fourth-order valence-corrected chi connectivity index (χ4v) is 2.99. The Labute approximate surface area is 159 Å². The Morgan fingerprint density at radius 2 is 1.18 bits per heavy atom. The summed E-state index contributed by atoms with van der Waals surface area (Å²) < 4.78 is 21.0. The van der Waals surface area contributed by atoms with Crippen molar-refractivity contribution in [1.29, 1.82) is 0 Å². The van der Waals surface area contributed by atoms with Gasteiger partial charge in [0.25, 0.3) is 0 Å². The van der Waals surface area contributed by atoms with E-state index in [1.54, 1.807) is 0 Å². The second kappa shape index (κ2) is 10.5. The average molecular weight is 416 g/mol. The first-order valence-electron chi connectivity index (χ1n) is 8.74. The predicted octanol–water partition coefficient (Wildman–Crippen LogP) is -6.02. The number of hydrogen-bond acceptors (Lipinski definition) is 13. The van der Waals surface area contributed by atoms with Crippen LogP contribution in [0.5, 0.6) is 0 Å². The first-order chi connectivity index (χ1) is 13.3. The van der Waals surface area contributed by atoms with Crippen molar-refractivity contribution >= 4 is 0 Å². The lowest BCUT2D eigenvalue weighted by Gasteiger charge is -2.46. The summed E-state index contributed by atoms with van der Waals surface area (Å²) in [4.78, 5) is 0. The highest BCUT2D eigenvalue weighted by atomic mass is 16.7. The van der Waals surface area contributed by atoms with Gasteiger partial charge >= 0.3 is 0 Å². The Hall–Kier alpha value is -0.520. The summed E-state index contributed by atoms with van der Waals surface area (Å²) in [5, 5.41) is 87.2. The highest BCUT2D eigenvalue weighted by Crippen LogP contribution is 2.29. The lowest BCUT2D eigenvalue weighted by Crippen LogP contribution is -2.65. The zero-order valence-corrected chi connectivity index (χ0v) is 14.8. The minimum absolute atomic E-state index is 0.604. The van der Waals surface area contributed by atoms with E-state index in [1.165, 1.54) is 0 Å². The molecule has 2 aliphatic heterocycles. The average Bonchev–Trinajstić information content (AvgIpc) is 2.70. The van der Waals surface area contributed by atoms with E-state index in [0.717, 1.165) is 0 Å². The smallest absolute Gasteiger partial charge is 0.187 e. The van der Waals surface area contributed by atoms with Crippen LogP contribution in [-0.4, -0.2) is 140 Å². The van der Waals surface area contributed by atoms with Gasteiger partial charge in [-0.1, -0.05) is 0 Å². The quantitative estimate of drug-likeness (QED) is 0.180. The number of ether oxygens (including phenoxy) is 4. The monoisotopic (exact) mass is 416 g/mol. The molecule has 10 atom stereocenters. The van der Waals surface area contributed by atoms with Crippen molar-refractivity contribution in [3.05, 3.63) is 0 Å². The Morgan fingerprint density at radius 3 is 1.71 bits per heavy atom. The SMILES string of the molecule is OCC(CO)O[C@H]1O[C@H](CO)[C@H](O)[C@H](O[C@H]2O[C@H](CO)[C@@H](O)[C@H](O)[C@@H]2O)[C@H]1O. The summed E-state index contributed by atoms with van der Waals surface area (Å²) in [5.41, 5.74) is 0. The van der Waals surface area contributed by atoms with Crippen LogP contribution in [0.1, 0.15) is 0 Å². The Kier molecular flexibility index (Phi) is 8.90. The van der Waals surface area contributed by atoms with Crippen LogP contribution in [0.25, 0.3) is 0 Å². The second-order valence-electron chi connectivity index (χ2n) is 6.63. The number of rotatable bonds is 8. The van der Waals surface area contributed by atoms with Gasteiger partial charge in [0, 0.05) is 0 Å². The third kappa shape index (κ3) is 4.96. The molecule has 2 aliphatic rings. The van der Waals surface area contributed by atoms with Crippen LogP contribution in [0.2, 0.25) is 0 Å². The van der Waals surface area contributed by atoms with Crippen molar-refractivity contribution in [2.45, 2.75) is 67.5 Å². The molecular weight excluding hydrogens is 388 g/mol. The fraction of sp³-hybridized carbons (Fsp3) is 1.00. The van der Waals surface area contributed by atoms with Crippen molar-refractivity contribution in [1.82, 2.24) is 0 Å². The highest BCUT2D eigenvalue weighted by molar-refractivity contribution is 4.94. The van der Waals surface area contributed by atoms with E-state index in [1.807, 2.05) is 0 Å². The Bertz CT molecular complexity index is 459. The maximum absolute atomic E-state index is 10.4. The van der Waals surface area contributed by atoms with Gasteiger partial charge in [0.2, 0.25) is 0 Å². The van der Waals surface area contributed by atoms with E-state index < -0.39 is 93.9 Å². The predicted molar refractivity (Wildman–Crippen MR) is 85.4 cm³/mol. The molecule has 2 fully saturated rings. The van der Waals surface area contributed by atoms with Gasteiger partial charge in [-0.05, 0) is 0 Å². The van der Waals surface area contributed by atoms with E-state index in [2.05, 4.69) is 0 Å². The van der Waals surface area contributed by atoms with Crippen LogP contribution in [0.15, 0.2) is 0 Å². The van der Waals surface area contributed by atoms with Crippen LogP contribution >= 0.6 is 0 Å². The molecule has 166 valence electrons. The third-order valence-electron chi connectivity index (χ3n) is 4.70. The normalized spacial score (nSPS) is 44.8. The van der Waals surface area contributed by atoms with Gasteiger partial charge in [0.1, 0.15) is 54.9 Å². The number of aliphatic hydroxyl groups excluding tert-OH is 9. The molecule has 2 rings (SSSR count). The topological polar surface area (TPSA) is 219 Å². The summed E-state index contributed by atoms with van der Waals surface area (Å²) in [5.74, 6) is 0. The maximum atomic E-state index is 10.4. The van der Waals surface area contributed by atoms with Crippen molar-refractivity contribution in [2.24, 2.45) is 0 Å². The minimum Gasteiger partial charge on any atom is -0.394 e. The van der Waals surface area contributed by atoms with Crippen LogP contribution in [0.4, 0.5) is 0 Å². The number of hydrogen-bond donors (Lipinski definition) is 9. The standard InChI is InChI=1S/C15H28O13/c16-1-5(2-17)25-15-12(24)13(9(21)7(4-19)27-15)28-14-11(23)10(22)8(20)6(3-18)26-14/h5-24H,1-4H2/t6-,7-,8-,9+,10+,11+,12-,13+,14-,15+/m1/s1. The van der Waals surface area contributed by atoms with Crippen molar-refractivity contribution < 1.29 is 64.9 Å². The number of aliphatic hydroxyl groups is 9. The summed E-state index contributed by atoms with van der Waals surface area (Å²) in [6.07, 6.45) is -16.9. The van der Waals surface area contributed by atoms with Gasteiger partial charge in [-0.25, -0.2) is 0 Å². The molecular formula is C15H28O13. The fourth-order valence-electron chi connectivity index (χ4n) is 2.99. The van der Waals surface area contributed by atoms with Gasteiger partial charge in [0.05, 0.1) is 26.4 Å². The maximum Gasteiger partial charge on any atom is 0.187 e. The second-order valence-corrected chi connectivity index (χ2v) is 6.63. The molecule has 0 bridgehead atoms. The molecule has 0 aliphatic carbocycles. The summed E-state index contributed by atoms with van der Waals surface area (Å²) in [6.45, 7) is -2.62. The molecule has 2 heterocycles. The summed E-state index contributed by atoms with van der Waals surface area (Å²) in [6, 6.07) is 0. The summed E-state index contributed by atoms with van der Waals surface area (Å²) in [7, 11) is 0. The van der Waals surface area contributed by atoms with E-state index in [9.17, 15) is 35.7 Å². The molecule has 0 radical (unpaired) electrons.